The molecule has 0 aromatic rings. The van der Waals surface area contributed by atoms with Crippen molar-refractivity contribution in [1.82, 2.24) is 5.32 Å². The smallest absolute Gasteiger partial charge is 0.407 e. The van der Waals surface area contributed by atoms with E-state index in [1.807, 2.05) is 13.2 Å². The predicted octanol–water partition coefficient (Wildman–Crippen LogP) is 1.42. The number of nitrogens with one attached hydrogen (secondary N) is 1. The first kappa shape index (κ1) is 15.1. The van der Waals surface area contributed by atoms with Crippen molar-refractivity contribution in [1.29, 1.82) is 0 Å². The van der Waals surface area contributed by atoms with E-state index in [0.29, 0.717) is 13.0 Å². The van der Waals surface area contributed by atoms with Crippen LogP contribution < -0.4 is 5.32 Å². The van der Waals surface area contributed by atoms with E-state index in [1.165, 1.54) is 7.11 Å². The normalized spacial score (nSPS) is 11.7. The van der Waals surface area contributed by atoms with Gasteiger partial charge in [0, 0.05) is 0 Å². The molecular weight excluding hydrogens is 230 g/mol. The van der Waals surface area contributed by atoms with Gasteiger partial charge >= 0.3 is 12.1 Å². The van der Waals surface area contributed by atoms with Gasteiger partial charge in [0.05, 0.1) is 13.7 Å². The first-order valence-corrected chi connectivity index (χ1v) is 6.55. The number of carbonyl (C=O) groups is 2. The molecule has 0 bridgehead atoms. The molecule has 1 N–H and O–H groups in total. The molecule has 0 aliphatic carbocycles. The zero-order valence-electron chi connectivity index (χ0n) is 9.95. The van der Waals surface area contributed by atoms with E-state index in [-0.39, 0.29) is 0 Å². The number of esters is 1. The average Bonchev–Trinajstić information content (AvgIpc) is 2.30. The zero-order valence-corrected chi connectivity index (χ0v) is 10.8. The van der Waals surface area contributed by atoms with Crippen molar-refractivity contribution in [2.45, 2.75) is 25.8 Å². The van der Waals surface area contributed by atoms with Gasteiger partial charge in [0.15, 0.2) is 0 Å². The first-order chi connectivity index (χ1) is 7.65. The number of amides is 1. The summed E-state index contributed by atoms with van der Waals surface area (Å²) in [4.78, 5) is 22.6. The molecule has 0 spiro atoms. The van der Waals surface area contributed by atoms with Crippen LogP contribution in [0, 0.1) is 0 Å². The van der Waals surface area contributed by atoms with Crippen LogP contribution in [0.15, 0.2) is 0 Å². The van der Waals surface area contributed by atoms with Crippen molar-refractivity contribution in [3.63, 3.8) is 0 Å². The van der Waals surface area contributed by atoms with Gasteiger partial charge in [-0.1, -0.05) is 6.92 Å². The van der Waals surface area contributed by atoms with Crippen LogP contribution in [-0.2, 0) is 14.3 Å². The maximum absolute atomic E-state index is 11.6. The van der Waals surface area contributed by atoms with Gasteiger partial charge in [0.2, 0.25) is 0 Å². The minimum absolute atomic E-state index is 0.372. The molecule has 0 heterocycles. The number of methoxy groups -OCH3 is 1. The van der Waals surface area contributed by atoms with Gasteiger partial charge in [-0.15, -0.1) is 0 Å². The SMILES string of the molecule is CCCOC(=O)C(CCSC)NC(=O)OC. The Morgan fingerprint density at radius 3 is 2.62 bits per heavy atom. The van der Waals surface area contributed by atoms with Crippen LogP contribution in [0.4, 0.5) is 4.79 Å². The van der Waals surface area contributed by atoms with E-state index in [1.54, 1.807) is 11.8 Å². The number of ether oxygens (including phenoxy) is 2. The molecule has 6 heteroatoms. The molecule has 0 aromatic heterocycles. The lowest BCUT2D eigenvalue weighted by Gasteiger charge is -2.16. The van der Waals surface area contributed by atoms with E-state index in [9.17, 15) is 9.59 Å². The molecular formula is C10H19NO4S. The van der Waals surface area contributed by atoms with Gasteiger partial charge in [-0.3, -0.25) is 0 Å². The van der Waals surface area contributed by atoms with Gasteiger partial charge < -0.3 is 14.8 Å². The average molecular weight is 249 g/mol. The minimum Gasteiger partial charge on any atom is -0.464 e. The van der Waals surface area contributed by atoms with Gasteiger partial charge in [0.1, 0.15) is 6.04 Å². The monoisotopic (exact) mass is 249 g/mol. The molecule has 0 saturated carbocycles. The molecule has 0 aliphatic heterocycles. The van der Waals surface area contributed by atoms with Gasteiger partial charge in [0.25, 0.3) is 0 Å². The molecule has 0 aliphatic rings. The van der Waals surface area contributed by atoms with Crippen LogP contribution in [-0.4, -0.2) is 43.8 Å². The maximum Gasteiger partial charge on any atom is 0.407 e. The highest BCUT2D eigenvalue weighted by Gasteiger charge is 2.21. The summed E-state index contributed by atoms with van der Waals surface area (Å²) in [5.74, 6) is 0.372. The van der Waals surface area contributed by atoms with Crippen LogP contribution >= 0.6 is 11.8 Å². The first-order valence-electron chi connectivity index (χ1n) is 5.15. The molecule has 0 rings (SSSR count). The van der Waals surface area contributed by atoms with Crippen molar-refractivity contribution >= 4 is 23.8 Å². The number of carbonyl (C=O) groups excluding carboxylic acids is 2. The number of alkyl carbamates (subject to hydrolysis) is 1. The van der Waals surface area contributed by atoms with Gasteiger partial charge in [-0.25, -0.2) is 9.59 Å². The number of hydrogen-bond donors (Lipinski definition) is 1. The lowest BCUT2D eigenvalue weighted by molar-refractivity contribution is -0.146. The van der Waals surface area contributed by atoms with Crippen molar-refractivity contribution < 1.29 is 19.1 Å². The molecule has 16 heavy (non-hydrogen) atoms. The second kappa shape index (κ2) is 9.33. The summed E-state index contributed by atoms with van der Waals surface area (Å²) >= 11 is 1.61. The molecule has 0 radical (unpaired) electrons. The highest BCUT2D eigenvalue weighted by atomic mass is 32.2. The molecule has 1 atom stereocenters. The molecule has 0 fully saturated rings. The minimum atomic E-state index is -0.619. The summed E-state index contributed by atoms with van der Waals surface area (Å²) in [6.07, 6.45) is 2.63. The maximum atomic E-state index is 11.6. The Kier molecular flexibility index (Phi) is 8.80. The van der Waals surface area contributed by atoms with Crippen LogP contribution in [0.25, 0.3) is 0 Å². The number of rotatable bonds is 7. The number of hydrogen-bond acceptors (Lipinski definition) is 5. The third kappa shape index (κ3) is 6.55. The second-order valence-corrected chi connectivity index (χ2v) is 4.12. The van der Waals surface area contributed by atoms with Crippen molar-refractivity contribution in [2.24, 2.45) is 0 Å². The highest BCUT2D eigenvalue weighted by Crippen LogP contribution is 2.03. The summed E-state index contributed by atoms with van der Waals surface area (Å²) in [6.45, 7) is 2.29. The topological polar surface area (TPSA) is 64.6 Å². The van der Waals surface area contributed by atoms with Gasteiger partial charge in [-0.05, 0) is 24.9 Å². The van der Waals surface area contributed by atoms with Crippen molar-refractivity contribution in [2.75, 3.05) is 25.7 Å². The Bertz CT molecular complexity index is 223. The van der Waals surface area contributed by atoms with Crippen LogP contribution in [0.1, 0.15) is 19.8 Å². The van der Waals surface area contributed by atoms with Crippen LogP contribution in [0.5, 0.6) is 0 Å². The highest BCUT2D eigenvalue weighted by molar-refractivity contribution is 7.98. The Labute approximate surface area is 100 Å². The summed E-state index contributed by atoms with van der Waals surface area (Å²) in [7, 11) is 1.26. The molecule has 1 unspecified atom stereocenters. The third-order valence-electron chi connectivity index (χ3n) is 1.82. The second-order valence-electron chi connectivity index (χ2n) is 3.14. The summed E-state index contributed by atoms with van der Waals surface area (Å²) in [5, 5.41) is 2.46. The largest absolute Gasteiger partial charge is 0.464 e. The van der Waals surface area contributed by atoms with Crippen LogP contribution in [0.2, 0.25) is 0 Å². The van der Waals surface area contributed by atoms with E-state index in [2.05, 4.69) is 10.1 Å². The Morgan fingerprint density at radius 2 is 2.12 bits per heavy atom. The standard InChI is InChI=1S/C10H19NO4S/c1-4-6-15-9(12)8(5-7-16-3)11-10(13)14-2/h8H,4-7H2,1-3H3,(H,11,13). The third-order valence-corrected chi connectivity index (χ3v) is 2.47. The Morgan fingerprint density at radius 1 is 1.44 bits per heavy atom. The van der Waals surface area contributed by atoms with Crippen molar-refractivity contribution in [3.8, 4) is 0 Å². The Hall–Kier alpha value is -0.910. The molecule has 94 valence electrons. The molecule has 1 amide bonds. The van der Waals surface area contributed by atoms with E-state index in [0.717, 1.165) is 12.2 Å². The lowest BCUT2D eigenvalue weighted by Crippen LogP contribution is -2.42. The van der Waals surface area contributed by atoms with E-state index >= 15 is 0 Å². The Balaban J connectivity index is 4.17. The van der Waals surface area contributed by atoms with E-state index < -0.39 is 18.1 Å². The molecule has 0 saturated heterocycles. The molecule has 5 nitrogen and oxygen atoms in total. The van der Waals surface area contributed by atoms with Gasteiger partial charge in [-0.2, -0.15) is 11.8 Å². The summed E-state index contributed by atoms with van der Waals surface area (Å²) < 4.78 is 9.43. The summed E-state index contributed by atoms with van der Waals surface area (Å²) in [6, 6.07) is -0.619. The molecule has 0 aromatic carbocycles. The zero-order chi connectivity index (χ0) is 12.4. The van der Waals surface area contributed by atoms with Crippen molar-refractivity contribution in [3.05, 3.63) is 0 Å². The fourth-order valence-corrected chi connectivity index (χ4v) is 1.46. The number of thioether (sulfide) groups is 1. The fraction of sp³-hybridized carbons (Fsp3) is 0.800. The quantitative estimate of drug-likeness (QED) is 0.691. The lowest BCUT2D eigenvalue weighted by atomic mass is 10.2. The fourth-order valence-electron chi connectivity index (χ4n) is 0.989. The van der Waals surface area contributed by atoms with Crippen LogP contribution in [0.3, 0.4) is 0 Å². The van der Waals surface area contributed by atoms with E-state index in [4.69, 9.17) is 4.74 Å². The predicted molar refractivity (Wildman–Crippen MR) is 63.6 cm³/mol. The summed E-state index contributed by atoms with van der Waals surface area (Å²) in [5.41, 5.74) is 0.